The van der Waals surface area contributed by atoms with E-state index in [1.165, 1.54) is 77.4 Å². The molecule has 18 heavy (non-hydrogen) atoms. The molecule has 1 atom stereocenters. The van der Waals surface area contributed by atoms with Gasteiger partial charge >= 0.3 is 0 Å². The second-order valence-corrected chi connectivity index (χ2v) is 6.53. The van der Waals surface area contributed by atoms with E-state index >= 15 is 0 Å². The molecule has 0 aromatic carbocycles. The van der Waals surface area contributed by atoms with E-state index in [1.807, 2.05) is 0 Å². The first-order chi connectivity index (χ1) is 8.88. The number of nitrogens with zero attached hydrogens (tertiary/aromatic N) is 1. The zero-order chi connectivity index (χ0) is 12.3. The predicted molar refractivity (Wildman–Crippen MR) is 76.8 cm³/mol. The summed E-state index contributed by atoms with van der Waals surface area (Å²) < 4.78 is 0. The van der Waals surface area contributed by atoms with Crippen molar-refractivity contribution in [3.05, 3.63) is 12.2 Å². The molecule has 2 nitrogen and oxygen atoms in total. The van der Waals surface area contributed by atoms with E-state index in [0.29, 0.717) is 5.54 Å². The molecule has 3 aliphatic rings. The maximum atomic E-state index is 3.91. The molecular weight excluding hydrogens is 220 g/mol. The molecule has 102 valence electrons. The van der Waals surface area contributed by atoms with Crippen LogP contribution in [0.5, 0.6) is 0 Å². The quantitative estimate of drug-likeness (QED) is 0.717. The fourth-order valence-corrected chi connectivity index (χ4v) is 4.14. The number of nitrogens with one attached hydrogen (secondary N) is 1. The summed E-state index contributed by atoms with van der Waals surface area (Å²) in [5.41, 5.74) is 0.468. The number of hydrogen-bond acceptors (Lipinski definition) is 2. The van der Waals surface area contributed by atoms with Gasteiger partial charge in [-0.05, 0) is 51.6 Å². The maximum absolute atomic E-state index is 3.91. The van der Waals surface area contributed by atoms with Gasteiger partial charge in [-0.15, -0.1) is 0 Å². The van der Waals surface area contributed by atoms with E-state index in [9.17, 15) is 0 Å². The largest absolute Gasteiger partial charge is 0.310 e. The third-order valence-corrected chi connectivity index (χ3v) is 5.20. The van der Waals surface area contributed by atoms with Crippen LogP contribution in [0, 0.1) is 0 Å². The van der Waals surface area contributed by atoms with Crippen LogP contribution >= 0.6 is 0 Å². The molecule has 1 saturated carbocycles. The van der Waals surface area contributed by atoms with Gasteiger partial charge in [0.1, 0.15) is 0 Å². The Kier molecular flexibility index (Phi) is 4.05. The van der Waals surface area contributed by atoms with E-state index in [-0.39, 0.29) is 0 Å². The lowest BCUT2D eigenvalue weighted by atomic mass is 9.81. The minimum atomic E-state index is 0.468. The summed E-state index contributed by atoms with van der Waals surface area (Å²) in [6.45, 7) is 3.86. The first kappa shape index (κ1) is 12.7. The number of allylic oxidation sites excluding steroid dienone is 1. The molecular formula is C16H28N2. The molecule has 2 fully saturated rings. The minimum absolute atomic E-state index is 0.468. The molecule has 0 radical (unpaired) electrons. The first-order valence-electron chi connectivity index (χ1n) is 8.02. The summed E-state index contributed by atoms with van der Waals surface area (Å²) in [5, 5.41) is 3.91. The highest BCUT2D eigenvalue weighted by molar-refractivity contribution is 5.00. The molecule has 1 heterocycles. The van der Waals surface area contributed by atoms with Crippen molar-refractivity contribution in [2.24, 2.45) is 0 Å². The summed E-state index contributed by atoms with van der Waals surface area (Å²) in [4.78, 5) is 2.81. The van der Waals surface area contributed by atoms with E-state index in [1.54, 1.807) is 0 Å². The third kappa shape index (κ3) is 2.80. The van der Waals surface area contributed by atoms with Crippen molar-refractivity contribution < 1.29 is 0 Å². The van der Waals surface area contributed by atoms with Gasteiger partial charge in [0.2, 0.25) is 0 Å². The molecule has 1 aliphatic heterocycles. The van der Waals surface area contributed by atoms with E-state index in [2.05, 4.69) is 22.4 Å². The Morgan fingerprint density at radius 2 is 1.94 bits per heavy atom. The molecule has 0 aromatic heterocycles. The zero-order valence-corrected chi connectivity index (χ0v) is 11.7. The van der Waals surface area contributed by atoms with E-state index in [4.69, 9.17) is 0 Å². The molecule has 1 unspecified atom stereocenters. The first-order valence-corrected chi connectivity index (χ1v) is 8.02. The summed E-state index contributed by atoms with van der Waals surface area (Å²) >= 11 is 0. The van der Waals surface area contributed by atoms with Crippen LogP contribution < -0.4 is 5.32 Å². The van der Waals surface area contributed by atoms with Gasteiger partial charge in [-0.25, -0.2) is 0 Å². The molecule has 1 spiro atoms. The molecule has 3 rings (SSSR count). The van der Waals surface area contributed by atoms with Gasteiger partial charge in [0.15, 0.2) is 0 Å². The Morgan fingerprint density at radius 3 is 2.72 bits per heavy atom. The highest BCUT2D eigenvalue weighted by Gasteiger charge is 2.36. The van der Waals surface area contributed by atoms with Crippen LogP contribution in [0.2, 0.25) is 0 Å². The van der Waals surface area contributed by atoms with Crippen LogP contribution in [-0.4, -0.2) is 36.1 Å². The maximum Gasteiger partial charge on any atom is 0.0308 e. The summed E-state index contributed by atoms with van der Waals surface area (Å²) in [6, 6.07) is 0.828. The zero-order valence-electron chi connectivity index (χ0n) is 11.7. The summed E-state index contributed by atoms with van der Waals surface area (Å²) in [5.74, 6) is 0. The predicted octanol–water partition coefficient (Wildman–Crippen LogP) is 3.09. The molecule has 0 bridgehead atoms. The summed E-state index contributed by atoms with van der Waals surface area (Å²) in [6.07, 6.45) is 17.2. The second kappa shape index (κ2) is 5.75. The lowest BCUT2D eigenvalue weighted by Crippen LogP contribution is -2.54. The van der Waals surface area contributed by atoms with Crippen LogP contribution in [-0.2, 0) is 0 Å². The van der Waals surface area contributed by atoms with Gasteiger partial charge in [0.05, 0.1) is 0 Å². The molecule has 1 N–H and O–H groups in total. The Morgan fingerprint density at radius 1 is 1.06 bits per heavy atom. The Balaban J connectivity index is 1.68. The van der Waals surface area contributed by atoms with Crippen LogP contribution in [0.4, 0.5) is 0 Å². The lowest BCUT2D eigenvalue weighted by Gasteiger charge is -2.42. The summed E-state index contributed by atoms with van der Waals surface area (Å²) in [7, 11) is 0. The molecule has 1 saturated heterocycles. The van der Waals surface area contributed by atoms with Crippen LogP contribution in [0.3, 0.4) is 0 Å². The van der Waals surface area contributed by atoms with Crippen LogP contribution in [0.25, 0.3) is 0 Å². The second-order valence-electron chi connectivity index (χ2n) is 6.53. The van der Waals surface area contributed by atoms with Gasteiger partial charge < -0.3 is 5.32 Å². The minimum Gasteiger partial charge on any atom is -0.310 e. The Labute approximate surface area is 112 Å². The SMILES string of the molecule is C1=CCC(N2CCCNC3(CCCCC3)C2)CC1. The fourth-order valence-electron chi connectivity index (χ4n) is 4.14. The van der Waals surface area contributed by atoms with Gasteiger partial charge in [-0.3, -0.25) is 4.90 Å². The van der Waals surface area contributed by atoms with Gasteiger partial charge in [-0.2, -0.15) is 0 Å². The smallest absolute Gasteiger partial charge is 0.0308 e. The average molecular weight is 248 g/mol. The fraction of sp³-hybridized carbons (Fsp3) is 0.875. The standard InChI is InChI=1S/C16H28N2/c1-3-8-15(9-4-1)18-13-7-12-17-16(14-18)10-5-2-6-11-16/h1,3,15,17H,2,4-14H2. The monoisotopic (exact) mass is 248 g/mol. The third-order valence-electron chi connectivity index (χ3n) is 5.20. The lowest BCUT2D eigenvalue weighted by molar-refractivity contribution is 0.122. The Bertz CT molecular complexity index is 291. The average Bonchev–Trinajstić information content (AvgIpc) is 2.64. The van der Waals surface area contributed by atoms with Gasteiger partial charge in [-0.1, -0.05) is 31.4 Å². The van der Waals surface area contributed by atoms with Gasteiger partial charge in [0, 0.05) is 18.1 Å². The normalized spacial score (nSPS) is 33.4. The van der Waals surface area contributed by atoms with Gasteiger partial charge in [0.25, 0.3) is 0 Å². The van der Waals surface area contributed by atoms with E-state index < -0.39 is 0 Å². The topological polar surface area (TPSA) is 15.3 Å². The van der Waals surface area contributed by atoms with Crippen molar-refractivity contribution >= 4 is 0 Å². The van der Waals surface area contributed by atoms with Crippen LogP contribution in [0.15, 0.2) is 12.2 Å². The van der Waals surface area contributed by atoms with Crippen LogP contribution in [0.1, 0.15) is 57.8 Å². The van der Waals surface area contributed by atoms with E-state index in [0.717, 1.165) is 6.04 Å². The van der Waals surface area contributed by atoms with Crippen molar-refractivity contribution in [3.8, 4) is 0 Å². The molecule has 2 aliphatic carbocycles. The highest BCUT2D eigenvalue weighted by Crippen LogP contribution is 2.32. The van der Waals surface area contributed by atoms with Crippen molar-refractivity contribution in [1.82, 2.24) is 10.2 Å². The molecule has 0 amide bonds. The Hall–Kier alpha value is -0.340. The highest BCUT2D eigenvalue weighted by atomic mass is 15.2. The number of hydrogen-bond donors (Lipinski definition) is 1. The number of rotatable bonds is 1. The molecule has 0 aromatic rings. The van der Waals surface area contributed by atoms with Crippen molar-refractivity contribution in [1.29, 1.82) is 0 Å². The van der Waals surface area contributed by atoms with Crippen molar-refractivity contribution in [2.45, 2.75) is 69.4 Å². The van der Waals surface area contributed by atoms with Crippen molar-refractivity contribution in [2.75, 3.05) is 19.6 Å². The van der Waals surface area contributed by atoms with Crippen molar-refractivity contribution in [3.63, 3.8) is 0 Å². The molecule has 2 heteroatoms.